The van der Waals surface area contributed by atoms with E-state index in [1.165, 1.54) is 0 Å². The van der Waals surface area contributed by atoms with Crippen molar-refractivity contribution >= 4 is 35.1 Å². The van der Waals surface area contributed by atoms with Gasteiger partial charge in [-0.05, 0) is 24.3 Å². The van der Waals surface area contributed by atoms with Gasteiger partial charge < -0.3 is 4.42 Å². The fourth-order valence-corrected chi connectivity index (χ4v) is 5.20. The molecule has 3 heterocycles. The molecule has 28 heavy (non-hydrogen) atoms. The molecule has 1 aliphatic heterocycles. The fraction of sp³-hybridized carbons (Fsp3) is 0.158. The molecular formula is C19H14ClN5OS2. The van der Waals surface area contributed by atoms with Gasteiger partial charge >= 0.3 is 0 Å². The number of benzene rings is 2. The molecule has 2 aromatic carbocycles. The lowest BCUT2D eigenvalue weighted by atomic mass is 10.2. The topological polar surface area (TPSA) is 69.6 Å². The van der Waals surface area contributed by atoms with E-state index in [0.717, 1.165) is 33.6 Å². The van der Waals surface area contributed by atoms with E-state index in [0.29, 0.717) is 16.1 Å². The molecule has 140 valence electrons. The van der Waals surface area contributed by atoms with Gasteiger partial charge in [-0.25, -0.2) is 0 Å². The Morgan fingerprint density at radius 1 is 1.00 bits per heavy atom. The number of hydrogen-bond acceptors (Lipinski definition) is 7. The second kappa shape index (κ2) is 7.62. The maximum Gasteiger partial charge on any atom is 0.276 e. The van der Waals surface area contributed by atoms with Crippen molar-refractivity contribution in [1.82, 2.24) is 25.0 Å². The maximum absolute atomic E-state index is 5.93. The Bertz CT molecular complexity index is 1100. The monoisotopic (exact) mass is 427 g/mol. The number of aromatic nitrogens is 5. The first-order valence-corrected chi connectivity index (χ1v) is 11.0. The van der Waals surface area contributed by atoms with Crippen LogP contribution in [0.15, 0.2) is 69.4 Å². The molecule has 0 amide bonds. The highest BCUT2D eigenvalue weighted by atomic mass is 35.5. The molecular weight excluding hydrogens is 414 g/mol. The minimum Gasteiger partial charge on any atom is -0.411 e. The fourth-order valence-electron chi connectivity index (χ4n) is 3.00. The summed E-state index contributed by atoms with van der Waals surface area (Å²) in [5.41, 5.74) is 1.93. The number of nitrogens with zero attached hydrogens (tertiary/aromatic N) is 5. The van der Waals surface area contributed by atoms with Gasteiger partial charge in [0.15, 0.2) is 11.0 Å². The standard InChI is InChI=1S/C19H14ClN5OS2/c20-14-8-6-13(7-9-14)17-22-24-19(26-17)28-11-15-10-27-18-23-21-16(25(15)18)12-4-2-1-3-5-12/h1-9,15H,10-11H2. The second-order valence-electron chi connectivity index (χ2n) is 6.20. The lowest BCUT2D eigenvalue weighted by Crippen LogP contribution is -2.11. The van der Waals surface area contributed by atoms with Gasteiger partial charge in [0.25, 0.3) is 5.22 Å². The summed E-state index contributed by atoms with van der Waals surface area (Å²) in [5, 5.41) is 19.2. The molecule has 1 unspecified atom stereocenters. The van der Waals surface area contributed by atoms with E-state index in [-0.39, 0.29) is 6.04 Å². The number of hydrogen-bond donors (Lipinski definition) is 0. The smallest absolute Gasteiger partial charge is 0.276 e. The first kappa shape index (κ1) is 17.8. The van der Waals surface area contributed by atoms with Crippen LogP contribution in [-0.2, 0) is 0 Å². The van der Waals surface area contributed by atoms with Crippen LogP contribution in [-0.4, -0.2) is 36.5 Å². The molecule has 5 rings (SSSR count). The Morgan fingerprint density at radius 2 is 1.82 bits per heavy atom. The third-order valence-electron chi connectivity index (χ3n) is 4.36. The Morgan fingerprint density at radius 3 is 2.64 bits per heavy atom. The van der Waals surface area contributed by atoms with Crippen molar-refractivity contribution in [3.05, 3.63) is 59.6 Å². The number of halogens is 1. The molecule has 6 nitrogen and oxygen atoms in total. The van der Waals surface area contributed by atoms with Crippen LogP contribution in [0.3, 0.4) is 0 Å². The molecule has 0 N–H and O–H groups in total. The predicted octanol–water partition coefficient (Wildman–Crippen LogP) is 5.09. The van der Waals surface area contributed by atoms with Gasteiger partial charge in [0.2, 0.25) is 5.89 Å². The highest BCUT2D eigenvalue weighted by molar-refractivity contribution is 8.00. The molecule has 1 atom stereocenters. The minimum absolute atomic E-state index is 0.265. The third-order valence-corrected chi connectivity index (χ3v) is 6.67. The van der Waals surface area contributed by atoms with Crippen LogP contribution in [0.1, 0.15) is 6.04 Å². The van der Waals surface area contributed by atoms with Crippen molar-refractivity contribution in [2.24, 2.45) is 0 Å². The number of rotatable bonds is 5. The Labute approximate surface area is 174 Å². The Balaban J connectivity index is 1.32. The first-order chi connectivity index (χ1) is 13.8. The molecule has 0 radical (unpaired) electrons. The lowest BCUT2D eigenvalue weighted by Gasteiger charge is -2.13. The number of thioether (sulfide) groups is 2. The summed E-state index contributed by atoms with van der Waals surface area (Å²) in [6.07, 6.45) is 0. The predicted molar refractivity (Wildman–Crippen MR) is 111 cm³/mol. The van der Waals surface area contributed by atoms with E-state index >= 15 is 0 Å². The zero-order chi connectivity index (χ0) is 18.9. The molecule has 9 heteroatoms. The van der Waals surface area contributed by atoms with Gasteiger partial charge in [0.1, 0.15) is 0 Å². The van der Waals surface area contributed by atoms with Gasteiger partial charge in [-0.1, -0.05) is 65.5 Å². The van der Waals surface area contributed by atoms with Gasteiger partial charge in [0, 0.05) is 27.7 Å². The van der Waals surface area contributed by atoms with Crippen molar-refractivity contribution < 1.29 is 4.42 Å². The number of fused-ring (bicyclic) bond motifs is 1. The molecule has 0 fully saturated rings. The SMILES string of the molecule is Clc1ccc(-c2nnc(SCC3CSc4nnc(-c5ccccc5)n43)o2)cc1. The minimum atomic E-state index is 0.265. The summed E-state index contributed by atoms with van der Waals surface area (Å²) >= 11 is 9.21. The average Bonchev–Trinajstić information content (AvgIpc) is 3.45. The zero-order valence-corrected chi connectivity index (χ0v) is 16.9. The van der Waals surface area contributed by atoms with Gasteiger partial charge in [-0.3, -0.25) is 4.57 Å². The van der Waals surface area contributed by atoms with Gasteiger partial charge in [-0.15, -0.1) is 20.4 Å². The quantitative estimate of drug-likeness (QED) is 0.411. The van der Waals surface area contributed by atoms with Gasteiger partial charge in [0.05, 0.1) is 6.04 Å². The average molecular weight is 428 g/mol. The van der Waals surface area contributed by atoms with Crippen LogP contribution >= 0.6 is 35.1 Å². The van der Waals surface area contributed by atoms with Crippen LogP contribution in [0.2, 0.25) is 5.02 Å². The van der Waals surface area contributed by atoms with Crippen molar-refractivity contribution in [3.63, 3.8) is 0 Å². The van der Waals surface area contributed by atoms with Crippen LogP contribution in [0.25, 0.3) is 22.8 Å². The molecule has 0 spiro atoms. The third kappa shape index (κ3) is 3.43. The van der Waals surface area contributed by atoms with Crippen LogP contribution < -0.4 is 0 Å². The molecule has 0 saturated heterocycles. The van der Waals surface area contributed by atoms with E-state index in [2.05, 4.69) is 37.1 Å². The normalized spacial score (nSPS) is 15.7. The van der Waals surface area contributed by atoms with E-state index in [1.807, 2.05) is 42.5 Å². The van der Waals surface area contributed by atoms with E-state index in [4.69, 9.17) is 16.0 Å². The summed E-state index contributed by atoms with van der Waals surface area (Å²) in [7, 11) is 0. The van der Waals surface area contributed by atoms with Crippen molar-refractivity contribution in [2.45, 2.75) is 16.4 Å². The zero-order valence-electron chi connectivity index (χ0n) is 14.5. The molecule has 4 aromatic rings. The lowest BCUT2D eigenvalue weighted by molar-refractivity contribution is 0.464. The summed E-state index contributed by atoms with van der Waals surface area (Å²) < 4.78 is 8.02. The Kier molecular flexibility index (Phi) is 4.84. The summed E-state index contributed by atoms with van der Waals surface area (Å²) in [5.74, 6) is 3.16. The maximum atomic E-state index is 5.93. The largest absolute Gasteiger partial charge is 0.411 e. The summed E-state index contributed by atoms with van der Waals surface area (Å²) in [6, 6.07) is 17.8. The van der Waals surface area contributed by atoms with Crippen molar-refractivity contribution in [1.29, 1.82) is 0 Å². The van der Waals surface area contributed by atoms with E-state index < -0.39 is 0 Å². The highest BCUT2D eigenvalue weighted by Gasteiger charge is 2.29. The first-order valence-electron chi connectivity index (χ1n) is 8.63. The Hall–Kier alpha value is -2.29. The van der Waals surface area contributed by atoms with E-state index in [1.54, 1.807) is 23.5 Å². The van der Waals surface area contributed by atoms with Crippen LogP contribution in [0, 0.1) is 0 Å². The molecule has 0 saturated carbocycles. The molecule has 0 bridgehead atoms. The second-order valence-corrected chi connectivity index (χ2v) is 8.59. The van der Waals surface area contributed by atoms with Gasteiger partial charge in [-0.2, -0.15) is 0 Å². The summed E-state index contributed by atoms with van der Waals surface area (Å²) in [4.78, 5) is 0. The van der Waals surface area contributed by atoms with Crippen LogP contribution in [0.5, 0.6) is 0 Å². The summed E-state index contributed by atoms with van der Waals surface area (Å²) in [6.45, 7) is 0. The van der Waals surface area contributed by atoms with Crippen LogP contribution in [0.4, 0.5) is 0 Å². The molecule has 0 aliphatic carbocycles. The molecule has 1 aliphatic rings. The van der Waals surface area contributed by atoms with Crippen molar-refractivity contribution in [3.8, 4) is 22.8 Å². The molecule has 2 aromatic heterocycles. The van der Waals surface area contributed by atoms with Crippen molar-refractivity contribution in [2.75, 3.05) is 11.5 Å². The highest BCUT2D eigenvalue weighted by Crippen LogP contribution is 2.39. The van der Waals surface area contributed by atoms with E-state index in [9.17, 15) is 0 Å².